The van der Waals surface area contributed by atoms with E-state index >= 15 is 0 Å². The molecule has 0 fully saturated rings. The lowest BCUT2D eigenvalue weighted by Crippen LogP contribution is -2.39. The minimum atomic E-state index is -3.79. The fourth-order valence-corrected chi connectivity index (χ4v) is 2.96. The number of halogens is 1. The van der Waals surface area contributed by atoms with Gasteiger partial charge in [-0.25, -0.2) is 12.8 Å². The van der Waals surface area contributed by atoms with Gasteiger partial charge in [0.25, 0.3) is 11.8 Å². The molecule has 1 aliphatic rings. The molecule has 0 aliphatic carbocycles. The molecule has 0 unspecified atom stereocenters. The van der Waals surface area contributed by atoms with Gasteiger partial charge >= 0.3 is 0 Å². The van der Waals surface area contributed by atoms with Crippen molar-refractivity contribution in [1.82, 2.24) is 9.21 Å². The average Bonchev–Trinajstić information content (AvgIpc) is 2.76. The number of rotatable bonds is 5. The number of nitrogens with zero attached hydrogens (tertiary/aromatic N) is 2. The molecular formula is C13H13FN2O4S. The number of carbonyl (C=O) groups excluding carboxylic acids is 2. The second-order valence-corrected chi connectivity index (χ2v) is 6.49. The zero-order valence-corrected chi connectivity index (χ0v) is 12.0. The van der Waals surface area contributed by atoms with Crippen molar-refractivity contribution in [1.29, 1.82) is 0 Å². The molecule has 0 aromatic heterocycles. The van der Waals surface area contributed by atoms with Crippen LogP contribution in [-0.4, -0.2) is 49.6 Å². The zero-order valence-electron chi connectivity index (χ0n) is 11.2. The van der Waals surface area contributed by atoms with E-state index in [2.05, 4.69) is 0 Å². The lowest BCUT2D eigenvalue weighted by Gasteiger charge is -2.20. The first-order chi connectivity index (χ1) is 9.82. The van der Waals surface area contributed by atoms with Crippen molar-refractivity contribution >= 4 is 21.8 Å². The smallest absolute Gasteiger partial charge is 0.253 e. The predicted octanol–water partition coefficient (Wildman–Crippen LogP) is 0.371. The average molecular weight is 311 g/mol. The lowest BCUT2D eigenvalue weighted by atomic mass is 10.3. The topological polar surface area (TPSA) is 74.8 Å². The number of sulfonamides is 1. The first-order valence-corrected chi connectivity index (χ1v) is 7.52. The molecule has 21 heavy (non-hydrogen) atoms. The molecule has 1 aliphatic heterocycles. The SMILES string of the molecule is CN(CCN1C(=O)C=CC1=O)S(=O)(=O)c1ccc([18F])cc1. The van der Waals surface area contributed by atoms with E-state index in [1.165, 1.54) is 7.05 Å². The van der Waals surface area contributed by atoms with Crippen LogP contribution >= 0.6 is 0 Å². The number of benzene rings is 1. The van der Waals surface area contributed by atoms with E-state index < -0.39 is 27.7 Å². The Morgan fingerprint density at radius 1 is 1.10 bits per heavy atom. The lowest BCUT2D eigenvalue weighted by molar-refractivity contribution is -0.136. The van der Waals surface area contributed by atoms with Gasteiger partial charge in [0.05, 0.1) is 4.90 Å². The molecular weight excluding hydrogens is 298 g/mol. The van der Waals surface area contributed by atoms with Crippen molar-refractivity contribution in [3.05, 3.63) is 42.2 Å². The van der Waals surface area contributed by atoms with Gasteiger partial charge in [-0.05, 0) is 24.3 Å². The predicted molar refractivity (Wildman–Crippen MR) is 72.1 cm³/mol. The highest BCUT2D eigenvalue weighted by Gasteiger charge is 2.26. The highest BCUT2D eigenvalue weighted by atomic mass is 32.2. The van der Waals surface area contributed by atoms with Crippen LogP contribution in [0.25, 0.3) is 0 Å². The van der Waals surface area contributed by atoms with Gasteiger partial charge in [0.15, 0.2) is 0 Å². The molecule has 0 bridgehead atoms. The summed E-state index contributed by atoms with van der Waals surface area (Å²) in [5, 5.41) is 0. The molecule has 0 N–H and O–H groups in total. The molecule has 0 saturated heterocycles. The van der Waals surface area contributed by atoms with Crippen LogP contribution in [0, 0.1) is 5.82 Å². The molecule has 0 radical (unpaired) electrons. The van der Waals surface area contributed by atoms with E-state index in [1.54, 1.807) is 0 Å². The van der Waals surface area contributed by atoms with Crippen LogP contribution in [0.15, 0.2) is 41.3 Å². The third-order valence-electron chi connectivity index (χ3n) is 3.06. The van der Waals surface area contributed by atoms with Crippen LogP contribution < -0.4 is 0 Å². The zero-order chi connectivity index (χ0) is 15.6. The molecule has 0 atom stereocenters. The summed E-state index contributed by atoms with van der Waals surface area (Å²) in [7, 11) is -2.45. The fraction of sp³-hybridized carbons (Fsp3) is 0.231. The number of hydrogen-bond donors (Lipinski definition) is 0. The quantitative estimate of drug-likeness (QED) is 0.736. The number of likely N-dealkylation sites (N-methyl/N-ethyl adjacent to an activating group) is 1. The first-order valence-electron chi connectivity index (χ1n) is 6.08. The van der Waals surface area contributed by atoms with E-state index in [1.807, 2.05) is 0 Å². The van der Waals surface area contributed by atoms with Crippen LogP contribution in [0.3, 0.4) is 0 Å². The van der Waals surface area contributed by atoms with E-state index in [-0.39, 0.29) is 18.0 Å². The number of amides is 2. The monoisotopic (exact) mass is 311 g/mol. The third kappa shape index (κ3) is 3.17. The van der Waals surface area contributed by atoms with Gasteiger partial charge in [0, 0.05) is 32.3 Å². The number of imide groups is 1. The summed E-state index contributed by atoms with van der Waals surface area (Å²) in [4.78, 5) is 23.6. The normalized spacial score (nSPS) is 15.3. The van der Waals surface area contributed by atoms with Gasteiger partial charge < -0.3 is 0 Å². The van der Waals surface area contributed by atoms with Crippen molar-refractivity contribution in [3.63, 3.8) is 0 Å². The maximum Gasteiger partial charge on any atom is 0.253 e. The van der Waals surface area contributed by atoms with Crippen molar-refractivity contribution in [3.8, 4) is 0 Å². The summed E-state index contributed by atoms with van der Waals surface area (Å²) in [6.07, 6.45) is 2.27. The van der Waals surface area contributed by atoms with Crippen LogP contribution in [0.2, 0.25) is 0 Å². The van der Waals surface area contributed by atoms with Crippen LogP contribution in [-0.2, 0) is 19.6 Å². The summed E-state index contributed by atoms with van der Waals surface area (Å²) in [6, 6.07) is 4.43. The van der Waals surface area contributed by atoms with Gasteiger partial charge in [0.1, 0.15) is 5.82 Å². The van der Waals surface area contributed by atoms with E-state index in [4.69, 9.17) is 0 Å². The summed E-state index contributed by atoms with van der Waals surface area (Å²) in [5.41, 5.74) is 0. The molecule has 1 aromatic carbocycles. The molecule has 8 heteroatoms. The molecule has 1 heterocycles. The minimum absolute atomic E-state index is 0.0401. The van der Waals surface area contributed by atoms with Gasteiger partial charge in [-0.3, -0.25) is 14.5 Å². The molecule has 2 rings (SSSR count). The first kappa shape index (κ1) is 15.3. The minimum Gasteiger partial charge on any atom is -0.274 e. The maximum absolute atomic E-state index is 12.8. The van der Waals surface area contributed by atoms with Gasteiger partial charge in [0.2, 0.25) is 10.0 Å². The van der Waals surface area contributed by atoms with E-state index in [9.17, 15) is 22.4 Å². The van der Waals surface area contributed by atoms with Gasteiger partial charge in [-0.1, -0.05) is 0 Å². The Hall–Kier alpha value is -2.06. The Labute approximate surface area is 121 Å². The fourth-order valence-electron chi connectivity index (χ4n) is 1.80. The summed E-state index contributed by atoms with van der Waals surface area (Å²) < 4.78 is 38.3. The largest absolute Gasteiger partial charge is 0.274 e. The highest BCUT2D eigenvalue weighted by Crippen LogP contribution is 2.15. The van der Waals surface area contributed by atoms with Crippen molar-refractivity contribution < 1.29 is 22.4 Å². The van der Waals surface area contributed by atoms with Crippen molar-refractivity contribution in [2.24, 2.45) is 0 Å². The van der Waals surface area contributed by atoms with Crippen molar-refractivity contribution in [2.45, 2.75) is 4.90 Å². The Morgan fingerprint density at radius 2 is 1.62 bits per heavy atom. The van der Waals surface area contributed by atoms with Crippen molar-refractivity contribution in [2.75, 3.05) is 20.1 Å². The second kappa shape index (κ2) is 5.74. The Balaban J connectivity index is 2.05. The second-order valence-electron chi connectivity index (χ2n) is 4.44. The molecule has 0 saturated carbocycles. The Kier molecular flexibility index (Phi) is 4.19. The molecule has 2 amide bonds. The molecule has 6 nitrogen and oxygen atoms in total. The van der Waals surface area contributed by atoms with Gasteiger partial charge in [-0.15, -0.1) is 0 Å². The van der Waals surface area contributed by atoms with E-state index in [0.29, 0.717) is 0 Å². The molecule has 112 valence electrons. The summed E-state index contributed by atoms with van der Waals surface area (Å²) >= 11 is 0. The maximum atomic E-state index is 12.8. The highest BCUT2D eigenvalue weighted by molar-refractivity contribution is 7.89. The Morgan fingerprint density at radius 3 is 2.14 bits per heavy atom. The number of hydrogen-bond acceptors (Lipinski definition) is 4. The van der Waals surface area contributed by atoms with E-state index in [0.717, 1.165) is 45.6 Å². The third-order valence-corrected chi connectivity index (χ3v) is 4.93. The van der Waals surface area contributed by atoms with Crippen LogP contribution in [0.1, 0.15) is 0 Å². The molecule has 1 aromatic rings. The summed E-state index contributed by atoms with van der Waals surface area (Å²) in [5.74, 6) is -1.46. The summed E-state index contributed by atoms with van der Waals surface area (Å²) in [6.45, 7) is -0.0829. The molecule has 0 spiro atoms. The number of carbonyl (C=O) groups is 2. The van der Waals surface area contributed by atoms with Crippen LogP contribution in [0.4, 0.5) is 4.39 Å². The standard InChI is InChI=1S/C13H13FN2O4S/c1-15(8-9-16-12(17)6-7-13(16)18)21(19,20)11-4-2-10(14)3-5-11/h2-7H,8-9H2,1H3/i14-1. The van der Waals surface area contributed by atoms with Gasteiger partial charge in [-0.2, -0.15) is 4.31 Å². The van der Waals surface area contributed by atoms with Crippen LogP contribution in [0.5, 0.6) is 0 Å². The Bertz CT molecular complexity index is 679.